The summed E-state index contributed by atoms with van der Waals surface area (Å²) >= 11 is 0. The predicted molar refractivity (Wildman–Crippen MR) is 86.4 cm³/mol. The monoisotopic (exact) mass is 320 g/mol. The molecule has 2 saturated heterocycles. The van der Waals surface area contributed by atoms with Gasteiger partial charge in [-0.25, -0.2) is 9.78 Å². The summed E-state index contributed by atoms with van der Waals surface area (Å²) < 4.78 is 11.0. The molecule has 23 heavy (non-hydrogen) atoms. The average molecular weight is 320 g/mol. The van der Waals surface area contributed by atoms with Crippen molar-refractivity contribution >= 4 is 11.8 Å². The van der Waals surface area contributed by atoms with Crippen molar-refractivity contribution < 1.29 is 14.3 Å². The number of aromatic nitrogens is 1. The largest absolute Gasteiger partial charge is 0.381 e. The zero-order valence-corrected chi connectivity index (χ0v) is 13.2. The van der Waals surface area contributed by atoms with E-state index in [2.05, 4.69) is 20.5 Å². The van der Waals surface area contributed by atoms with Gasteiger partial charge in [-0.3, -0.25) is 10.2 Å². The van der Waals surface area contributed by atoms with Gasteiger partial charge < -0.3 is 14.8 Å². The van der Waals surface area contributed by atoms with Crippen LogP contribution in [-0.4, -0.2) is 68.0 Å². The summed E-state index contributed by atoms with van der Waals surface area (Å²) in [6, 6.07) is 5.49. The number of pyridine rings is 1. The van der Waals surface area contributed by atoms with Crippen molar-refractivity contribution in [2.24, 2.45) is 5.92 Å². The van der Waals surface area contributed by atoms with Crippen LogP contribution in [0, 0.1) is 5.92 Å². The van der Waals surface area contributed by atoms with Crippen LogP contribution < -0.4 is 10.6 Å². The van der Waals surface area contributed by atoms with Gasteiger partial charge in [-0.2, -0.15) is 0 Å². The van der Waals surface area contributed by atoms with E-state index in [9.17, 15) is 4.79 Å². The van der Waals surface area contributed by atoms with Crippen molar-refractivity contribution in [3.05, 3.63) is 24.4 Å². The van der Waals surface area contributed by atoms with Gasteiger partial charge in [0.1, 0.15) is 5.82 Å². The van der Waals surface area contributed by atoms with Crippen molar-refractivity contribution in [1.82, 2.24) is 15.2 Å². The lowest BCUT2D eigenvalue weighted by Crippen LogP contribution is -2.52. The summed E-state index contributed by atoms with van der Waals surface area (Å²) in [7, 11) is 0. The highest BCUT2D eigenvalue weighted by Gasteiger charge is 2.31. The van der Waals surface area contributed by atoms with Crippen molar-refractivity contribution in [2.75, 3.05) is 51.4 Å². The first-order chi connectivity index (χ1) is 11.3. The summed E-state index contributed by atoms with van der Waals surface area (Å²) in [4.78, 5) is 18.6. The molecule has 1 aromatic rings. The Hall–Kier alpha value is -1.70. The molecule has 0 spiro atoms. The molecular formula is C16H24N4O3. The number of morpholine rings is 1. The molecule has 2 aliphatic rings. The molecule has 0 radical (unpaired) electrons. The second kappa shape index (κ2) is 8.24. The Labute approximate surface area is 136 Å². The molecule has 0 unspecified atom stereocenters. The minimum Gasteiger partial charge on any atom is -0.381 e. The SMILES string of the molecule is O=C(NC[C@@H]([C@H]1CCOC1)N1CCOCC1)Nc1ccccn1. The summed E-state index contributed by atoms with van der Waals surface area (Å²) in [5, 5.41) is 5.73. The Bertz CT molecular complexity index is 487. The molecule has 1 aromatic heterocycles. The standard InChI is InChI=1S/C16H24N4O3/c21-16(19-15-3-1-2-5-17-15)18-11-14(13-4-8-23-12-13)20-6-9-22-10-7-20/h1-3,5,13-14H,4,6-12H2,(H2,17,18,19,21)/t13-,14-/m0/s1. The van der Waals surface area contributed by atoms with Crippen LogP contribution in [0.3, 0.4) is 0 Å². The summed E-state index contributed by atoms with van der Waals surface area (Å²) in [5.74, 6) is 1.01. The van der Waals surface area contributed by atoms with Crippen LogP contribution in [0.25, 0.3) is 0 Å². The molecule has 7 nitrogen and oxygen atoms in total. The first-order valence-electron chi connectivity index (χ1n) is 8.18. The van der Waals surface area contributed by atoms with Gasteiger partial charge in [0.05, 0.1) is 19.8 Å². The van der Waals surface area contributed by atoms with Gasteiger partial charge in [-0.1, -0.05) is 6.07 Å². The highest BCUT2D eigenvalue weighted by atomic mass is 16.5. The summed E-state index contributed by atoms with van der Waals surface area (Å²) in [5.41, 5.74) is 0. The summed E-state index contributed by atoms with van der Waals surface area (Å²) in [6.07, 6.45) is 2.70. The van der Waals surface area contributed by atoms with Crippen molar-refractivity contribution in [3.8, 4) is 0 Å². The zero-order valence-electron chi connectivity index (χ0n) is 13.2. The quantitative estimate of drug-likeness (QED) is 0.844. The molecule has 2 amide bonds. The van der Waals surface area contributed by atoms with E-state index in [4.69, 9.17) is 9.47 Å². The van der Waals surface area contributed by atoms with E-state index >= 15 is 0 Å². The number of anilines is 1. The van der Waals surface area contributed by atoms with Gasteiger partial charge in [0.2, 0.25) is 0 Å². The molecule has 0 bridgehead atoms. The number of nitrogens with one attached hydrogen (secondary N) is 2. The van der Waals surface area contributed by atoms with E-state index < -0.39 is 0 Å². The Balaban J connectivity index is 1.54. The van der Waals surface area contributed by atoms with E-state index in [0.717, 1.165) is 45.9 Å². The van der Waals surface area contributed by atoms with Gasteiger partial charge in [0, 0.05) is 44.4 Å². The smallest absolute Gasteiger partial charge is 0.320 e. The number of hydrogen-bond donors (Lipinski definition) is 2. The van der Waals surface area contributed by atoms with Crippen LogP contribution in [0.1, 0.15) is 6.42 Å². The number of urea groups is 1. The molecule has 2 aliphatic heterocycles. The van der Waals surface area contributed by atoms with E-state index in [1.165, 1.54) is 0 Å². The fourth-order valence-corrected chi connectivity index (χ4v) is 3.15. The number of rotatable bonds is 5. The van der Waals surface area contributed by atoms with Gasteiger partial charge in [-0.05, 0) is 18.6 Å². The van der Waals surface area contributed by atoms with E-state index in [-0.39, 0.29) is 12.1 Å². The fourth-order valence-electron chi connectivity index (χ4n) is 3.15. The third-order valence-corrected chi connectivity index (χ3v) is 4.40. The number of amides is 2. The van der Waals surface area contributed by atoms with Crippen LogP contribution in [0.5, 0.6) is 0 Å². The van der Waals surface area contributed by atoms with Gasteiger partial charge in [-0.15, -0.1) is 0 Å². The molecule has 7 heteroatoms. The van der Waals surface area contributed by atoms with E-state index in [1.807, 2.05) is 12.1 Å². The Morgan fingerprint density at radius 1 is 1.30 bits per heavy atom. The highest BCUT2D eigenvalue weighted by molar-refractivity contribution is 5.88. The molecule has 0 aliphatic carbocycles. The molecule has 2 fully saturated rings. The van der Waals surface area contributed by atoms with Crippen LogP contribution in [-0.2, 0) is 9.47 Å². The number of carbonyl (C=O) groups excluding carboxylic acids is 1. The third-order valence-electron chi connectivity index (χ3n) is 4.40. The van der Waals surface area contributed by atoms with Gasteiger partial charge >= 0.3 is 6.03 Å². The first kappa shape index (κ1) is 16.2. The van der Waals surface area contributed by atoms with Gasteiger partial charge in [0.15, 0.2) is 0 Å². The maximum absolute atomic E-state index is 12.1. The topological polar surface area (TPSA) is 75.7 Å². The van der Waals surface area contributed by atoms with Crippen molar-refractivity contribution in [1.29, 1.82) is 0 Å². The highest BCUT2D eigenvalue weighted by Crippen LogP contribution is 2.21. The van der Waals surface area contributed by atoms with E-state index in [0.29, 0.717) is 18.3 Å². The number of carbonyl (C=O) groups is 1. The van der Waals surface area contributed by atoms with Crippen LogP contribution in [0.15, 0.2) is 24.4 Å². The second-order valence-electron chi connectivity index (χ2n) is 5.89. The average Bonchev–Trinajstić information content (AvgIpc) is 3.11. The maximum Gasteiger partial charge on any atom is 0.320 e. The number of nitrogens with zero attached hydrogens (tertiary/aromatic N) is 2. The molecular weight excluding hydrogens is 296 g/mol. The molecule has 126 valence electrons. The second-order valence-corrected chi connectivity index (χ2v) is 5.89. The minimum absolute atomic E-state index is 0.221. The Kier molecular flexibility index (Phi) is 5.79. The van der Waals surface area contributed by atoms with Crippen LogP contribution in [0.2, 0.25) is 0 Å². The van der Waals surface area contributed by atoms with Crippen molar-refractivity contribution in [2.45, 2.75) is 12.5 Å². The van der Waals surface area contributed by atoms with Crippen molar-refractivity contribution in [3.63, 3.8) is 0 Å². The molecule has 2 atom stereocenters. The number of ether oxygens (including phenoxy) is 2. The normalized spacial score (nSPS) is 23.4. The lowest BCUT2D eigenvalue weighted by molar-refractivity contribution is 0.00222. The lowest BCUT2D eigenvalue weighted by atomic mass is 9.97. The lowest BCUT2D eigenvalue weighted by Gasteiger charge is -2.37. The van der Waals surface area contributed by atoms with Gasteiger partial charge in [0.25, 0.3) is 0 Å². The van der Waals surface area contributed by atoms with E-state index in [1.54, 1.807) is 12.3 Å². The minimum atomic E-state index is -0.221. The fraction of sp³-hybridized carbons (Fsp3) is 0.625. The molecule has 2 N–H and O–H groups in total. The maximum atomic E-state index is 12.1. The third kappa shape index (κ3) is 4.63. The molecule has 3 heterocycles. The van der Waals surface area contributed by atoms with Crippen LogP contribution >= 0.6 is 0 Å². The molecule has 3 rings (SSSR count). The first-order valence-corrected chi connectivity index (χ1v) is 8.18. The van der Waals surface area contributed by atoms with Crippen LogP contribution in [0.4, 0.5) is 10.6 Å². The number of hydrogen-bond acceptors (Lipinski definition) is 5. The summed E-state index contributed by atoms with van der Waals surface area (Å²) in [6.45, 7) is 5.51. The molecule has 0 aromatic carbocycles. The zero-order chi connectivity index (χ0) is 15.9. The Morgan fingerprint density at radius 3 is 2.87 bits per heavy atom. The Morgan fingerprint density at radius 2 is 2.17 bits per heavy atom. The molecule has 0 saturated carbocycles. The predicted octanol–water partition coefficient (Wildman–Crippen LogP) is 0.940.